The lowest BCUT2D eigenvalue weighted by molar-refractivity contribution is 0.667. The van der Waals surface area contributed by atoms with Crippen molar-refractivity contribution in [2.45, 2.75) is 66.2 Å². The number of nitrogens with zero attached hydrogens (tertiary/aromatic N) is 2. The lowest BCUT2D eigenvalue weighted by Gasteiger charge is -2.22. The minimum Gasteiger partial charge on any atom is -0.455 e. The highest BCUT2D eigenvalue weighted by Gasteiger charge is 2.24. The number of benzene rings is 4. The summed E-state index contributed by atoms with van der Waals surface area (Å²) < 4.78 is 9.08. The van der Waals surface area contributed by atoms with Crippen LogP contribution in [0.1, 0.15) is 81.5 Å². The summed E-state index contributed by atoms with van der Waals surface area (Å²) in [7, 11) is 0. The van der Waals surface area contributed by atoms with Crippen LogP contribution in [0, 0.1) is 6.92 Å². The van der Waals surface area contributed by atoms with Crippen molar-refractivity contribution in [2.75, 3.05) is 0 Å². The van der Waals surface area contributed by atoms with Crippen molar-refractivity contribution in [2.24, 2.45) is 0 Å². The van der Waals surface area contributed by atoms with E-state index in [9.17, 15) is 0 Å². The molecule has 0 amide bonds. The average molecular weight is 501 g/mol. The predicted octanol–water partition coefficient (Wildman–Crippen LogP) is 10.3. The standard InChI is InChI=1S/C35H36N2O/c1-20(2)24-16-18-27-31(19-24)38-34-28(17-15-23(7)32(27)34)35-36-29-13-8-9-14-30(29)37(35)33-25(21(3)4)11-10-12-26(33)22(5)6/h8-22H,1-7H3. The second-order valence-corrected chi connectivity index (χ2v) is 11.5. The third kappa shape index (κ3) is 3.75. The van der Waals surface area contributed by atoms with Crippen molar-refractivity contribution in [1.29, 1.82) is 0 Å². The largest absolute Gasteiger partial charge is 0.455 e. The van der Waals surface area contributed by atoms with E-state index in [1.54, 1.807) is 0 Å². The monoisotopic (exact) mass is 500 g/mol. The van der Waals surface area contributed by atoms with E-state index in [1.165, 1.54) is 33.3 Å². The number of imidazole rings is 1. The summed E-state index contributed by atoms with van der Waals surface area (Å²) >= 11 is 0. The highest BCUT2D eigenvalue weighted by Crippen LogP contribution is 2.42. The molecule has 0 aliphatic heterocycles. The molecule has 0 atom stereocenters. The Morgan fingerprint density at radius 1 is 0.737 bits per heavy atom. The minimum absolute atomic E-state index is 0.372. The highest BCUT2D eigenvalue weighted by molar-refractivity contribution is 6.11. The summed E-state index contributed by atoms with van der Waals surface area (Å²) in [5.41, 5.74) is 11.4. The van der Waals surface area contributed by atoms with Crippen molar-refractivity contribution in [3.8, 4) is 17.1 Å². The normalized spacial score (nSPS) is 12.3. The summed E-state index contributed by atoms with van der Waals surface area (Å²) in [6.45, 7) is 15.7. The zero-order valence-electron chi connectivity index (χ0n) is 23.5. The smallest absolute Gasteiger partial charge is 0.149 e. The zero-order valence-corrected chi connectivity index (χ0v) is 23.5. The van der Waals surface area contributed by atoms with Crippen molar-refractivity contribution in [3.05, 3.63) is 95.1 Å². The van der Waals surface area contributed by atoms with Gasteiger partial charge in [-0.3, -0.25) is 4.57 Å². The molecular formula is C35H36N2O. The van der Waals surface area contributed by atoms with Crippen LogP contribution in [-0.4, -0.2) is 9.55 Å². The molecule has 0 spiro atoms. The van der Waals surface area contributed by atoms with Gasteiger partial charge in [-0.05, 0) is 71.2 Å². The molecule has 2 heterocycles. The molecule has 0 aliphatic rings. The number of hydrogen-bond acceptors (Lipinski definition) is 2. The second-order valence-electron chi connectivity index (χ2n) is 11.5. The molecule has 0 fully saturated rings. The molecule has 0 saturated carbocycles. The van der Waals surface area contributed by atoms with E-state index in [4.69, 9.17) is 9.40 Å². The van der Waals surface area contributed by atoms with Gasteiger partial charge in [0, 0.05) is 10.8 Å². The number of hydrogen-bond donors (Lipinski definition) is 0. The van der Waals surface area contributed by atoms with Gasteiger partial charge in [0.05, 0.1) is 22.3 Å². The fraction of sp³-hybridized carbons (Fsp3) is 0.286. The quantitative estimate of drug-likeness (QED) is 0.236. The number of aryl methyl sites for hydroxylation is 1. The lowest BCUT2D eigenvalue weighted by atomic mass is 9.92. The van der Waals surface area contributed by atoms with Gasteiger partial charge in [0.1, 0.15) is 17.0 Å². The van der Waals surface area contributed by atoms with E-state index in [2.05, 4.69) is 126 Å². The molecule has 2 aromatic heterocycles. The Hall–Kier alpha value is -3.85. The third-order valence-electron chi connectivity index (χ3n) is 7.89. The van der Waals surface area contributed by atoms with E-state index < -0.39 is 0 Å². The topological polar surface area (TPSA) is 31.0 Å². The summed E-state index contributed by atoms with van der Waals surface area (Å²) in [6.07, 6.45) is 0. The van der Waals surface area contributed by atoms with Crippen LogP contribution in [0.15, 0.2) is 77.2 Å². The fourth-order valence-corrected chi connectivity index (χ4v) is 5.80. The van der Waals surface area contributed by atoms with Crippen molar-refractivity contribution >= 4 is 33.0 Å². The molecule has 0 radical (unpaired) electrons. The number of fused-ring (bicyclic) bond motifs is 4. The maximum Gasteiger partial charge on any atom is 0.149 e. The van der Waals surface area contributed by atoms with Crippen LogP contribution in [0.25, 0.3) is 50.0 Å². The number of rotatable bonds is 5. The molecule has 0 N–H and O–H groups in total. The van der Waals surface area contributed by atoms with Crippen LogP contribution in [0.2, 0.25) is 0 Å². The van der Waals surface area contributed by atoms with Gasteiger partial charge in [-0.15, -0.1) is 0 Å². The van der Waals surface area contributed by atoms with Gasteiger partial charge in [-0.2, -0.15) is 0 Å². The molecule has 6 rings (SSSR count). The van der Waals surface area contributed by atoms with Gasteiger partial charge in [0.2, 0.25) is 0 Å². The van der Waals surface area contributed by atoms with Gasteiger partial charge < -0.3 is 4.42 Å². The Bertz CT molecular complexity index is 1790. The molecule has 0 saturated heterocycles. The Kier molecular flexibility index (Phi) is 5.90. The van der Waals surface area contributed by atoms with Crippen molar-refractivity contribution in [3.63, 3.8) is 0 Å². The van der Waals surface area contributed by atoms with Crippen LogP contribution in [0.3, 0.4) is 0 Å². The maximum absolute atomic E-state index is 6.70. The molecular weight excluding hydrogens is 464 g/mol. The van der Waals surface area contributed by atoms with E-state index in [1.807, 2.05) is 0 Å². The summed E-state index contributed by atoms with van der Waals surface area (Å²) in [4.78, 5) is 5.26. The van der Waals surface area contributed by atoms with Crippen LogP contribution in [0.4, 0.5) is 0 Å². The first-order chi connectivity index (χ1) is 18.3. The van der Waals surface area contributed by atoms with Crippen LogP contribution >= 0.6 is 0 Å². The van der Waals surface area contributed by atoms with E-state index >= 15 is 0 Å². The SMILES string of the molecule is Cc1ccc(-c2nc3ccccc3n2-c2c(C(C)C)cccc2C(C)C)c2oc3cc(C(C)C)ccc3c12. The Labute approximate surface area is 225 Å². The molecule has 3 nitrogen and oxygen atoms in total. The first kappa shape index (κ1) is 24.5. The fourth-order valence-electron chi connectivity index (χ4n) is 5.80. The summed E-state index contributed by atoms with van der Waals surface area (Å²) in [5.74, 6) is 2.11. The van der Waals surface area contributed by atoms with Gasteiger partial charge >= 0.3 is 0 Å². The van der Waals surface area contributed by atoms with Crippen molar-refractivity contribution in [1.82, 2.24) is 9.55 Å². The van der Waals surface area contributed by atoms with Crippen LogP contribution < -0.4 is 0 Å². The highest BCUT2D eigenvalue weighted by atomic mass is 16.3. The predicted molar refractivity (Wildman–Crippen MR) is 161 cm³/mol. The molecule has 0 aliphatic carbocycles. The number of furan rings is 1. The molecule has 0 bridgehead atoms. The molecule has 38 heavy (non-hydrogen) atoms. The molecule has 3 heteroatoms. The first-order valence-corrected chi connectivity index (χ1v) is 13.8. The Morgan fingerprint density at radius 2 is 1.45 bits per heavy atom. The van der Waals surface area contributed by atoms with Crippen molar-refractivity contribution < 1.29 is 4.42 Å². The van der Waals surface area contributed by atoms with Gasteiger partial charge in [0.25, 0.3) is 0 Å². The molecule has 6 aromatic rings. The van der Waals surface area contributed by atoms with Crippen LogP contribution in [0.5, 0.6) is 0 Å². The third-order valence-corrected chi connectivity index (χ3v) is 7.89. The first-order valence-electron chi connectivity index (χ1n) is 13.8. The van der Waals surface area contributed by atoms with Gasteiger partial charge in [0.15, 0.2) is 0 Å². The lowest BCUT2D eigenvalue weighted by Crippen LogP contribution is -2.08. The maximum atomic E-state index is 6.70. The van der Waals surface area contributed by atoms with Gasteiger partial charge in [-0.25, -0.2) is 4.98 Å². The van der Waals surface area contributed by atoms with Gasteiger partial charge in [-0.1, -0.05) is 90.1 Å². The van der Waals surface area contributed by atoms with E-state index in [0.717, 1.165) is 39.0 Å². The Balaban J connectivity index is 1.75. The molecule has 4 aromatic carbocycles. The number of para-hydroxylation sites is 3. The second kappa shape index (κ2) is 9.16. The molecule has 0 unspecified atom stereocenters. The number of aromatic nitrogens is 2. The summed E-state index contributed by atoms with van der Waals surface area (Å²) in [6, 6.07) is 26.3. The van der Waals surface area contributed by atoms with E-state index in [-0.39, 0.29) is 0 Å². The molecule has 192 valence electrons. The minimum atomic E-state index is 0.372. The zero-order chi connectivity index (χ0) is 26.7. The summed E-state index contributed by atoms with van der Waals surface area (Å²) in [5, 5.41) is 2.34. The average Bonchev–Trinajstić information content (AvgIpc) is 3.47. The van der Waals surface area contributed by atoms with Crippen LogP contribution in [-0.2, 0) is 0 Å². The van der Waals surface area contributed by atoms with E-state index in [0.29, 0.717) is 17.8 Å². The Morgan fingerprint density at radius 3 is 2.13 bits per heavy atom.